The van der Waals surface area contributed by atoms with Crippen molar-refractivity contribution in [3.05, 3.63) is 12.7 Å². The molecule has 0 radical (unpaired) electrons. The van der Waals surface area contributed by atoms with E-state index in [4.69, 9.17) is 4.74 Å². The van der Waals surface area contributed by atoms with E-state index in [0.717, 1.165) is 19.3 Å². The molecule has 0 unspecified atom stereocenters. The highest BCUT2D eigenvalue weighted by molar-refractivity contribution is 5.85. The minimum atomic E-state index is -0.627. The fourth-order valence-electron chi connectivity index (χ4n) is 6.76. The predicted molar refractivity (Wildman–Crippen MR) is 100 cm³/mol. The summed E-state index contributed by atoms with van der Waals surface area (Å²) in [5.41, 5.74) is -1.16. The standard InChI is InChI=1S/C22H34O4/c1-7-20(5)12-17(25)21(6)13(2)8-10-22(11-9-16(24)18(21)22)14(3)19(20)26-15(4)23/h7,13-14,17-19,25H,1,8-12H2,2-6H3/t13-,14+,17-,18+,19+,20-,21+,22+/m1/s1. The molecule has 3 aliphatic carbocycles. The van der Waals surface area contributed by atoms with E-state index >= 15 is 0 Å². The number of ether oxygens (including phenoxy) is 1. The van der Waals surface area contributed by atoms with E-state index in [-0.39, 0.29) is 41.0 Å². The van der Waals surface area contributed by atoms with Crippen LogP contribution in [-0.4, -0.2) is 29.1 Å². The van der Waals surface area contributed by atoms with Crippen molar-refractivity contribution >= 4 is 11.8 Å². The van der Waals surface area contributed by atoms with Crippen LogP contribution < -0.4 is 0 Å². The van der Waals surface area contributed by atoms with Crippen LogP contribution in [0.15, 0.2) is 12.7 Å². The summed E-state index contributed by atoms with van der Waals surface area (Å²) in [7, 11) is 0. The quantitative estimate of drug-likeness (QED) is 0.597. The van der Waals surface area contributed by atoms with E-state index < -0.39 is 16.9 Å². The van der Waals surface area contributed by atoms with Crippen molar-refractivity contribution in [3.8, 4) is 0 Å². The van der Waals surface area contributed by atoms with Gasteiger partial charge in [0, 0.05) is 36.0 Å². The SMILES string of the molecule is C=C[C@]1(C)C[C@@H](O)[C@]2(C)[C@H](C)CC[C@]3(CCC(=O)[C@H]32)[C@@H](C)[C@@H]1OC(C)=O. The number of hydrogen-bond acceptors (Lipinski definition) is 4. The van der Waals surface area contributed by atoms with Gasteiger partial charge in [0.1, 0.15) is 11.9 Å². The number of Topliss-reactive ketones (excluding diaryl/α,β-unsaturated/α-hetero) is 1. The van der Waals surface area contributed by atoms with Crippen LogP contribution in [0.1, 0.15) is 66.7 Å². The highest BCUT2D eigenvalue weighted by atomic mass is 16.5. The molecule has 3 rings (SSSR count). The Hall–Kier alpha value is -1.16. The van der Waals surface area contributed by atoms with Crippen molar-refractivity contribution in [2.24, 2.45) is 34.0 Å². The van der Waals surface area contributed by atoms with Gasteiger partial charge in [-0.3, -0.25) is 9.59 Å². The summed E-state index contributed by atoms with van der Waals surface area (Å²) in [6.07, 6.45) is 4.66. The zero-order valence-electron chi connectivity index (χ0n) is 16.9. The molecule has 1 N–H and O–H groups in total. The third-order valence-electron chi connectivity index (χ3n) is 8.58. The number of hydrogen-bond donors (Lipinski definition) is 1. The highest BCUT2D eigenvalue weighted by Crippen LogP contribution is 2.67. The third kappa shape index (κ3) is 2.44. The zero-order valence-corrected chi connectivity index (χ0v) is 16.9. The average Bonchev–Trinajstić information content (AvgIpc) is 2.93. The monoisotopic (exact) mass is 362 g/mol. The summed E-state index contributed by atoms with van der Waals surface area (Å²) < 4.78 is 5.85. The first kappa shape index (κ1) is 19.6. The molecule has 4 heteroatoms. The zero-order chi connectivity index (χ0) is 19.5. The Morgan fingerprint density at radius 3 is 2.54 bits per heavy atom. The molecule has 2 bridgehead atoms. The fourth-order valence-corrected chi connectivity index (χ4v) is 6.76. The normalized spacial score (nSPS) is 51.2. The summed E-state index contributed by atoms with van der Waals surface area (Å²) >= 11 is 0. The first-order chi connectivity index (χ1) is 12.0. The Kier molecular flexibility index (Phi) is 4.66. The summed E-state index contributed by atoms with van der Waals surface area (Å²) in [6.45, 7) is 13.9. The van der Waals surface area contributed by atoms with Gasteiger partial charge in [0.25, 0.3) is 0 Å². The van der Waals surface area contributed by atoms with Gasteiger partial charge in [0.2, 0.25) is 0 Å². The van der Waals surface area contributed by atoms with Gasteiger partial charge in [0.15, 0.2) is 0 Å². The van der Waals surface area contributed by atoms with Crippen molar-refractivity contribution in [2.75, 3.05) is 0 Å². The van der Waals surface area contributed by atoms with Gasteiger partial charge in [-0.1, -0.05) is 33.8 Å². The molecule has 0 saturated heterocycles. The van der Waals surface area contributed by atoms with E-state index in [9.17, 15) is 14.7 Å². The lowest BCUT2D eigenvalue weighted by molar-refractivity contribution is -0.202. The molecule has 0 amide bonds. The van der Waals surface area contributed by atoms with Gasteiger partial charge in [-0.15, -0.1) is 6.58 Å². The molecule has 0 spiro atoms. The van der Waals surface area contributed by atoms with Crippen molar-refractivity contribution in [1.29, 1.82) is 0 Å². The van der Waals surface area contributed by atoms with Crippen LogP contribution in [0.2, 0.25) is 0 Å². The van der Waals surface area contributed by atoms with E-state index in [1.54, 1.807) is 0 Å². The van der Waals surface area contributed by atoms with Crippen LogP contribution in [0, 0.1) is 34.0 Å². The van der Waals surface area contributed by atoms with Crippen LogP contribution >= 0.6 is 0 Å². The van der Waals surface area contributed by atoms with Gasteiger partial charge in [0.05, 0.1) is 6.10 Å². The number of ketones is 1. The molecule has 0 aromatic heterocycles. The Morgan fingerprint density at radius 2 is 1.96 bits per heavy atom. The van der Waals surface area contributed by atoms with Crippen molar-refractivity contribution in [1.82, 2.24) is 0 Å². The average molecular weight is 363 g/mol. The molecule has 3 saturated carbocycles. The van der Waals surface area contributed by atoms with Gasteiger partial charge in [-0.05, 0) is 37.0 Å². The molecular weight excluding hydrogens is 328 g/mol. The fraction of sp³-hybridized carbons (Fsp3) is 0.818. The summed E-state index contributed by atoms with van der Waals surface area (Å²) in [6, 6.07) is 0. The van der Waals surface area contributed by atoms with Crippen LogP contribution in [0.5, 0.6) is 0 Å². The lowest BCUT2D eigenvalue weighted by Gasteiger charge is -2.61. The molecule has 146 valence electrons. The maximum atomic E-state index is 13.0. The smallest absolute Gasteiger partial charge is 0.302 e. The topological polar surface area (TPSA) is 63.6 Å². The molecule has 3 aliphatic rings. The molecule has 0 aromatic rings. The van der Waals surface area contributed by atoms with E-state index in [1.807, 2.05) is 13.0 Å². The lowest BCUT2D eigenvalue weighted by Crippen LogP contribution is -2.62. The number of aliphatic hydroxyl groups excluding tert-OH is 1. The molecule has 8 atom stereocenters. The van der Waals surface area contributed by atoms with Crippen molar-refractivity contribution in [3.63, 3.8) is 0 Å². The first-order valence-electron chi connectivity index (χ1n) is 10.0. The Bertz CT molecular complexity index is 628. The summed E-state index contributed by atoms with van der Waals surface area (Å²) in [4.78, 5) is 24.9. The van der Waals surface area contributed by atoms with Crippen LogP contribution in [0.4, 0.5) is 0 Å². The van der Waals surface area contributed by atoms with Crippen molar-refractivity contribution < 1.29 is 19.4 Å². The molecule has 3 fully saturated rings. The largest absolute Gasteiger partial charge is 0.461 e. The summed E-state index contributed by atoms with van der Waals surface area (Å²) in [5.74, 6) is 0.147. The number of esters is 1. The third-order valence-corrected chi connectivity index (χ3v) is 8.58. The predicted octanol–water partition coefficient (Wildman–Crippen LogP) is 3.91. The maximum Gasteiger partial charge on any atom is 0.302 e. The highest BCUT2D eigenvalue weighted by Gasteiger charge is 2.67. The Balaban J connectivity index is 2.21. The second-order valence-corrected chi connectivity index (χ2v) is 9.69. The van der Waals surface area contributed by atoms with Gasteiger partial charge in [-0.25, -0.2) is 0 Å². The molecule has 4 nitrogen and oxygen atoms in total. The second-order valence-electron chi connectivity index (χ2n) is 9.69. The number of aliphatic hydroxyl groups is 1. The molecular formula is C22H34O4. The summed E-state index contributed by atoms with van der Waals surface area (Å²) in [5, 5.41) is 11.4. The van der Waals surface area contributed by atoms with Gasteiger partial charge >= 0.3 is 5.97 Å². The van der Waals surface area contributed by atoms with Gasteiger partial charge < -0.3 is 9.84 Å². The Labute approximate surface area is 157 Å². The minimum Gasteiger partial charge on any atom is -0.461 e. The van der Waals surface area contributed by atoms with Crippen LogP contribution in [-0.2, 0) is 14.3 Å². The number of carbonyl (C=O) groups is 2. The molecule has 0 aromatic carbocycles. The molecule has 0 aliphatic heterocycles. The number of carbonyl (C=O) groups excluding carboxylic acids is 2. The van der Waals surface area contributed by atoms with Crippen LogP contribution in [0.25, 0.3) is 0 Å². The second kappa shape index (κ2) is 6.19. The van der Waals surface area contributed by atoms with E-state index in [0.29, 0.717) is 12.8 Å². The lowest BCUT2D eigenvalue weighted by atomic mass is 9.44. The maximum absolute atomic E-state index is 13.0. The number of rotatable bonds is 2. The molecule has 0 heterocycles. The Morgan fingerprint density at radius 1 is 1.31 bits per heavy atom. The minimum absolute atomic E-state index is 0.0465. The van der Waals surface area contributed by atoms with Crippen LogP contribution in [0.3, 0.4) is 0 Å². The molecule has 26 heavy (non-hydrogen) atoms. The van der Waals surface area contributed by atoms with E-state index in [2.05, 4.69) is 27.4 Å². The van der Waals surface area contributed by atoms with Crippen molar-refractivity contribution in [2.45, 2.75) is 78.9 Å². The van der Waals surface area contributed by atoms with E-state index in [1.165, 1.54) is 6.92 Å². The first-order valence-corrected chi connectivity index (χ1v) is 10.0. The van der Waals surface area contributed by atoms with Gasteiger partial charge in [-0.2, -0.15) is 0 Å².